The summed E-state index contributed by atoms with van der Waals surface area (Å²) < 4.78 is 21.6. The summed E-state index contributed by atoms with van der Waals surface area (Å²) in [4.78, 5) is 35.4. The number of aromatic hydroxyl groups is 1. The minimum atomic E-state index is -0.455. The smallest absolute Gasteiger partial charge is 0.313 e. The van der Waals surface area contributed by atoms with Gasteiger partial charge in [0, 0.05) is 17.6 Å². The molecule has 5 rings (SSSR count). The Morgan fingerprint density at radius 1 is 0.898 bits per heavy atom. The number of phenolic OH excluding ortho intramolecular Hbond substituents is 1. The van der Waals surface area contributed by atoms with Gasteiger partial charge in [0.1, 0.15) is 18.0 Å². The van der Waals surface area contributed by atoms with Crippen molar-refractivity contribution in [2.75, 3.05) is 18.1 Å². The number of thioether (sulfide) groups is 1. The molecule has 7 unspecified atom stereocenters. The molecule has 2 bridgehead atoms. The molecule has 8 nitrogen and oxygen atoms in total. The first-order chi connectivity index (χ1) is 20.2. The highest BCUT2D eigenvalue weighted by molar-refractivity contribution is 7.99. The second-order valence-electron chi connectivity index (χ2n) is 13.4. The van der Waals surface area contributed by atoms with Gasteiger partial charge in [-0.1, -0.05) is 84.4 Å². The van der Waals surface area contributed by atoms with E-state index in [0.29, 0.717) is 30.1 Å². The van der Waals surface area contributed by atoms with Gasteiger partial charge in [-0.25, -0.2) is 0 Å². The molecule has 1 aromatic carbocycles. The highest BCUT2D eigenvalue weighted by atomic mass is 32.2. The molecular formula is C40H76O8S. The minimum absolute atomic E-state index is 0. The van der Waals surface area contributed by atoms with Crippen LogP contribution in [0, 0.1) is 28.6 Å². The second-order valence-corrected chi connectivity index (χ2v) is 14.6. The Hall–Kier alpha value is -2.26. The second kappa shape index (κ2) is 23.3. The largest absolute Gasteiger partial charge is 0.508 e. The first-order valence-electron chi connectivity index (χ1n) is 15.8. The molecule has 2 heterocycles. The Morgan fingerprint density at radius 2 is 1.43 bits per heavy atom. The molecular weight excluding hydrogens is 640 g/mol. The monoisotopic (exact) mass is 717 g/mol. The van der Waals surface area contributed by atoms with Crippen LogP contribution in [0.4, 0.5) is 0 Å². The summed E-state index contributed by atoms with van der Waals surface area (Å²) in [6, 6.07) is 7.43. The molecule has 0 aromatic heterocycles. The molecule has 0 spiro atoms. The van der Waals surface area contributed by atoms with Crippen LogP contribution < -0.4 is 0 Å². The minimum Gasteiger partial charge on any atom is -0.508 e. The average Bonchev–Trinajstić information content (AvgIpc) is 3.64. The summed E-state index contributed by atoms with van der Waals surface area (Å²) in [5.41, 5.74) is 0.445. The number of hydrogen-bond acceptors (Lipinski definition) is 9. The number of esters is 3. The fourth-order valence-corrected chi connectivity index (χ4v) is 6.23. The zero-order valence-electron chi connectivity index (χ0n) is 27.2. The molecule has 0 radical (unpaired) electrons. The van der Waals surface area contributed by atoms with Gasteiger partial charge in [0.2, 0.25) is 6.29 Å². The zero-order valence-corrected chi connectivity index (χ0v) is 28.0. The van der Waals surface area contributed by atoms with Crippen LogP contribution in [0.25, 0.3) is 0 Å². The van der Waals surface area contributed by atoms with E-state index < -0.39 is 10.8 Å². The quantitative estimate of drug-likeness (QED) is 0.208. The van der Waals surface area contributed by atoms with Gasteiger partial charge in [0.05, 0.1) is 29.1 Å². The van der Waals surface area contributed by atoms with E-state index in [4.69, 9.17) is 24.1 Å². The van der Waals surface area contributed by atoms with Crippen LogP contribution in [0.3, 0.4) is 0 Å². The molecule has 1 aromatic rings. The lowest BCUT2D eigenvalue weighted by atomic mass is 9.87. The van der Waals surface area contributed by atoms with E-state index in [-0.39, 0.29) is 86.9 Å². The molecule has 2 aliphatic carbocycles. The third-order valence-corrected chi connectivity index (χ3v) is 10.6. The van der Waals surface area contributed by atoms with Crippen molar-refractivity contribution >= 4 is 29.7 Å². The Balaban J connectivity index is -0.000000300. The highest BCUT2D eigenvalue weighted by Gasteiger charge is 2.63. The molecule has 290 valence electrons. The number of benzene rings is 1. The number of ether oxygens (including phenoxy) is 4. The lowest BCUT2D eigenvalue weighted by Crippen LogP contribution is -2.39. The molecule has 2 aliphatic heterocycles. The molecule has 9 heteroatoms. The third kappa shape index (κ3) is 13.8. The average molecular weight is 717 g/mol. The predicted molar refractivity (Wildman–Crippen MR) is 208 cm³/mol. The lowest BCUT2D eigenvalue weighted by molar-refractivity contribution is -0.183. The third-order valence-electron chi connectivity index (χ3n) is 9.63. The SMILES string of the molecule is C.C.C.C.C.C.CCC(C)(C)C(=O)OC1C2CC3C(=O)OC1C3C2.CCC(C)(C)C(=O)OC1CSCCO1.CCC(C)c1ccc(O)cc1. The van der Waals surface area contributed by atoms with Crippen molar-refractivity contribution < 1.29 is 38.4 Å². The van der Waals surface area contributed by atoms with Crippen LogP contribution in [-0.4, -0.2) is 59.6 Å². The van der Waals surface area contributed by atoms with E-state index in [1.807, 2.05) is 53.7 Å². The number of fused-ring (bicyclic) bond motifs is 1. The predicted octanol–water partition coefficient (Wildman–Crippen LogP) is 10.7. The van der Waals surface area contributed by atoms with Crippen LogP contribution in [0.1, 0.15) is 144 Å². The van der Waals surface area contributed by atoms with E-state index in [2.05, 4.69) is 13.8 Å². The summed E-state index contributed by atoms with van der Waals surface area (Å²) in [7, 11) is 0. The molecule has 2 saturated carbocycles. The molecule has 4 fully saturated rings. The van der Waals surface area contributed by atoms with Gasteiger partial charge in [-0.15, -0.1) is 0 Å². The maximum Gasteiger partial charge on any atom is 0.313 e. The van der Waals surface area contributed by atoms with Crippen molar-refractivity contribution in [3.05, 3.63) is 29.8 Å². The standard InChI is InChI=1S/C14H20O4.C10H18O3S.C10H14O.6CH4/c1-4-14(2,3)13(16)18-10-7-5-8-9(6-7)12(15)17-11(8)10;1-4-10(2,3)9(11)13-8-7-14-6-5-12-8;1-3-8(2)9-4-6-10(11)7-5-9;;;;;;/h7-11H,4-6H2,1-3H3;8H,4-7H2,1-3H3;4-8,11H,3H2,1-2H3;6*1H4. The Kier molecular flexibility index (Phi) is 25.4. The van der Waals surface area contributed by atoms with E-state index in [0.717, 1.165) is 43.6 Å². The fraction of sp³-hybridized carbons (Fsp3) is 0.775. The fourth-order valence-electron chi connectivity index (χ4n) is 5.49. The maximum atomic E-state index is 12.1. The first kappa shape index (κ1) is 53.5. The summed E-state index contributed by atoms with van der Waals surface area (Å²) in [5, 5.41) is 9.01. The van der Waals surface area contributed by atoms with E-state index in [1.54, 1.807) is 23.9 Å². The van der Waals surface area contributed by atoms with Crippen molar-refractivity contribution in [2.24, 2.45) is 28.6 Å². The van der Waals surface area contributed by atoms with Crippen molar-refractivity contribution in [3.63, 3.8) is 0 Å². The number of hydrogen-bond donors (Lipinski definition) is 1. The highest BCUT2D eigenvalue weighted by Crippen LogP contribution is 2.55. The number of carbonyl (C=O) groups excluding carboxylic acids is 3. The van der Waals surface area contributed by atoms with Gasteiger partial charge in [-0.05, 0) is 83.4 Å². The maximum absolute atomic E-state index is 12.1. The summed E-state index contributed by atoms with van der Waals surface area (Å²) >= 11 is 1.76. The Labute approximate surface area is 306 Å². The zero-order chi connectivity index (χ0) is 31.9. The van der Waals surface area contributed by atoms with Gasteiger partial charge in [-0.2, -0.15) is 11.8 Å². The van der Waals surface area contributed by atoms with E-state index in [1.165, 1.54) is 5.56 Å². The van der Waals surface area contributed by atoms with Gasteiger partial charge in [0.25, 0.3) is 0 Å². The number of rotatable bonds is 8. The van der Waals surface area contributed by atoms with Gasteiger partial charge in [0.15, 0.2) is 0 Å². The summed E-state index contributed by atoms with van der Waals surface area (Å²) in [6.07, 6.45) is 3.78. The van der Waals surface area contributed by atoms with Crippen LogP contribution in [0.2, 0.25) is 0 Å². The Bertz CT molecular complexity index is 1080. The van der Waals surface area contributed by atoms with Gasteiger partial charge < -0.3 is 24.1 Å². The van der Waals surface area contributed by atoms with Crippen molar-refractivity contribution in [3.8, 4) is 5.75 Å². The molecule has 2 saturated heterocycles. The first-order valence-corrected chi connectivity index (χ1v) is 17.0. The van der Waals surface area contributed by atoms with Crippen LogP contribution >= 0.6 is 11.8 Å². The normalized spacial score (nSPS) is 24.6. The number of phenols is 1. The Morgan fingerprint density at radius 3 is 1.90 bits per heavy atom. The summed E-state index contributed by atoms with van der Waals surface area (Å²) in [5.74, 6) is 2.98. The topological polar surface area (TPSA) is 108 Å². The lowest BCUT2D eigenvalue weighted by Gasteiger charge is -2.29. The van der Waals surface area contributed by atoms with Gasteiger partial charge in [-0.3, -0.25) is 14.4 Å². The van der Waals surface area contributed by atoms with Gasteiger partial charge >= 0.3 is 17.9 Å². The van der Waals surface area contributed by atoms with E-state index >= 15 is 0 Å². The number of carbonyl (C=O) groups is 3. The summed E-state index contributed by atoms with van der Waals surface area (Å²) in [6.45, 7) is 16.6. The van der Waals surface area contributed by atoms with Crippen LogP contribution in [0.5, 0.6) is 5.75 Å². The molecule has 1 N–H and O–H groups in total. The van der Waals surface area contributed by atoms with Crippen molar-refractivity contribution in [1.82, 2.24) is 0 Å². The molecule has 4 aliphatic rings. The molecule has 7 atom stereocenters. The molecule has 0 amide bonds. The van der Waals surface area contributed by atoms with Crippen LogP contribution in [-0.2, 0) is 33.3 Å². The molecule has 49 heavy (non-hydrogen) atoms. The van der Waals surface area contributed by atoms with E-state index in [9.17, 15) is 14.4 Å². The van der Waals surface area contributed by atoms with Crippen molar-refractivity contribution in [1.29, 1.82) is 0 Å². The van der Waals surface area contributed by atoms with Crippen LogP contribution in [0.15, 0.2) is 24.3 Å². The van der Waals surface area contributed by atoms with Crippen molar-refractivity contribution in [2.45, 2.75) is 156 Å².